The van der Waals surface area contributed by atoms with Gasteiger partial charge in [0, 0.05) is 36.6 Å². The summed E-state index contributed by atoms with van der Waals surface area (Å²) in [7, 11) is 1.59. The highest BCUT2D eigenvalue weighted by Gasteiger charge is 2.24. The number of fused-ring (bicyclic) bond motifs is 2. The predicted molar refractivity (Wildman–Crippen MR) is 140 cm³/mol. The number of pyridine rings is 2. The van der Waals surface area contributed by atoms with Crippen LogP contribution in [0.25, 0.3) is 10.9 Å². The Labute approximate surface area is 218 Å². The normalized spacial score (nSPS) is 16.1. The van der Waals surface area contributed by atoms with Crippen LogP contribution in [0.15, 0.2) is 41.4 Å². The van der Waals surface area contributed by atoms with Gasteiger partial charge in [0.25, 0.3) is 5.91 Å². The number of halogens is 2. The van der Waals surface area contributed by atoms with E-state index in [0.717, 1.165) is 48.3 Å². The lowest BCUT2D eigenvalue weighted by Crippen LogP contribution is -2.45. The average molecular weight is 532 g/mol. The number of methoxy groups -OCH3 is 1. The highest BCUT2D eigenvalue weighted by atomic mass is 35.5. The van der Waals surface area contributed by atoms with E-state index in [1.54, 1.807) is 13.2 Å². The second-order valence-corrected chi connectivity index (χ2v) is 9.70. The largest absolute Gasteiger partial charge is 0.497 e. The third kappa shape index (κ3) is 5.71. The molecule has 2 N–H and O–H groups in total. The first-order chi connectivity index (χ1) is 17.0. The molecule has 2 aliphatic heterocycles. The maximum atomic E-state index is 14.6. The van der Waals surface area contributed by atoms with Crippen LogP contribution >= 0.6 is 24.2 Å². The van der Waals surface area contributed by atoms with Gasteiger partial charge >= 0.3 is 0 Å². The first-order valence-corrected chi connectivity index (χ1v) is 12.6. The lowest BCUT2D eigenvalue weighted by atomic mass is 10.0. The van der Waals surface area contributed by atoms with Gasteiger partial charge < -0.3 is 20.3 Å². The Bertz CT molecular complexity index is 1290. The maximum absolute atomic E-state index is 14.6. The monoisotopic (exact) mass is 531 g/mol. The summed E-state index contributed by atoms with van der Waals surface area (Å²) in [6.45, 7) is 2.34. The van der Waals surface area contributed by atoms with Gasteiger partial charge in [0.1, 0.15) is 23.1 Å². The van der Waals surface area contributed by atoms with Gasteiger partial charge in [0.2, 0.25) is 5.91 Å². The molecule has 2 aliphatic rings. The smallest absolute Gasteiger partial charge is 0.270 e. The van der Waals surface area contributed by atoms with Crippen LogP contribution in [0.1, 0.15) is 28.9 Å². The number of carbonyl (C=O) groups excluding carboxylic acids is 2. The minimum atomic E-state index is -0.306. The molecule has 0 spiro atoms. The Hall–Kier alpha value is -2.95. The van der Waals surface area contributed by atoms with E-state index in [4.69, 9.17) is 4.74 Å². The molecule has 5 rings (SSSR count). The molecule has 190 valence electrons. The van der Waals surface area contributed by atoms with Crippen LogP contribution in [0.3, 0.4) is 0 Å². The van der Waals surface area contributed by atoms with Crippen LogP contribution in [0.2, 0.25) is 0 Å². The molecule has 0 bridgehead atoms. The summed E-state index contributed by atoms with van der Waals surface area (Å²) in [6, 6.07) is 9.06. The molecule has 2 amide bonds. The molecule has 1 saturated heterocycles. The quantitative estimate of drug-likeness (QED) is 0.501. The molecule has 0 atom stereocenters. The number of hydrogen-bond donors (Lipinski definition) is 2. The topological polar surface area (TPSA) is 96.4 Å². The standard InChI is InChI=1S/C25H26FN5O3S.ClH/c1-34-16-2-3-20-18(12-16)17(19(26)13-27-20)8-11-31-9-6-15(7-10-31)28-25(33)21-4-5-22-24(29-21)30-23(32)14-35-22;/h2-5,12-13,15H,6-11,14H2,1H3,(H,28,33)(H,29,30,32);1H. The number of hydrogen-bond acceptors (Lipinski definition) is 7. The molecule has 4 heterocycles. The van der Waals surface area contributed by atoms with E-state index in [1.165, 1.54) is 18.0 Å². The molecular formula is C25H27ClFN5O3S. The number of piperidine rings is 1. The Morgan fingerprint density at radius 2 is 2.08 bits per heavy atom. The molecule has 0 radical (unpaired) electrons. The van der Waals surface area contributed by atoms with Crippen LogP contribution in [0, 0.1) is 5.82 Å². The number of nitrogens with one attached hydrogen (secondary N) is 2. The van der Waals surface area contributed by atoms with Crippen molar-refractivity contribution in [2.75, 3.05) is 37.8 Å². The number of ether oxygens (including phenoxy) is 1. The predicted octanol–water partition coefficient (Wildman–Crippen LogP) is 3.68. The number of amides is 2. The zero-order chi connectivity index (χ0) is 24.4. The zero-order valence-electron chi connectivity index (χ0n) is 19.8. The van der Waals surface area contributed by atoms with Gasteiger partial charge in [0.05, 0.1) is 29.5 Å². The third-order valence-corrected chi connectivity index (χ3v) is 7.49. The summed E-state index contributed by atoms with van der Waals surface area (Å²) in [5.74, 6) is 0.824. The van der Waals surface area contributed by atoms with Crippen molar-refractivity contribution in [3.05, 3.63) is 53.6 Å². The number of rotatable bonds is 6. The van der Waals surface area contributed by atoms with Crippen LogP contribution in [0.5, 0.6) is 5.75 Å². The van der Waals surface area contributed by atoms with E-state index < -0.39 is 0 Å². The highest BCUT2D eigenvalue weighted by molar-refractivity contribution is 8.00. The summed E-state index contributed by atoms with van der Waals surface area (Å²) in [5.41, 5.74) is 1.69. The van der Waals surface area contributed by atoms with E-state index in [1.807, 2.05) is 24.3 Å². The fourth-order valence-electron chi connectivity index (χ4n) is 4.50. The maximum Gasteiger partial charge on any atom is 0.270 e. The number of nitrogens with zero attached hydrogens (tertiary/aromatic N) is 3. The number of likely N-dealkylation sites (tertiary alicyclic amines) is 1. The van der Waals surface area contributed by atoms with E-state index in [9.17, 15) is 14.0 Å². The molecule has 2 aromatic heterocycles. The number of carbonyl (C=O) groups is 2. The number of anilines is 1. The summed E-state index contributed by atoms with van der Waals surface area (Å²) >= 11 is 1.41. The van der Waals surface area contributed by atoms with Gasteiger partial charge in [-0.1, -0.05) is 0 Å². The molecule has 0 aliphatic carbocycles. The van der Waals surface area contributed by atoms with Gasteiger partial charge in [-0.15, -0.1) is 24.2 Å². The van der Waals surface area contributed by atoms with Crippen LogP contribution in [0.4, 0.5) is 10.2 Å². The highest BCUT2D eigenvalue weighted by Crippen LogP contribution is 2.30. The SMILES string of the molecule is COc1ccc2ncc(F)c(CCN3CCC(NC(=O)c4ccc5c(n4)NC(=O)CS5)CC3)c2c1.Cl. The van der Waals surface area contributed by atoms with Crippen molar-refractivity contribution in [3.8, 4) is 5.75 Å². The van der Waals surface area contributed by atoms with Gasteiger partial charge in [0.15, 0.2) is 0 Å². The summed E-state index contributed by atoms with van der Waals surface area (Å²) < 4.78 is 19.9. The first-order valence-electron chi connectivity index (χ1n) is 11.6. The number of benzene rings is 1. The number of aromatic nitrogens is 2. The van der Waals surface area contributed by atoms with E-state index in [0.29, 0.717) is 35.0 Å². The van der Waals surface area contributed by atoms with Crippen molar-refractivity contribution in [1.29, 1.82) is 0 Å². The van der Waals surface area contributed by atoms with Gasteiger partial charge in [-0.3, -0.25) is 14.6 Å². The summed E-state index contributed by atoms with van der Waals surface area (Å²) in [6.07, 6.45) is 3.45. The number of thioether (sulfide) groups is 1. The van der Waals surface area contributed by atoms with E-state index >= 15 is 0 Å². The molecular weight excluding hydrogens is 505 g/mol. The molecule has 1 fully saturated rings. The minimum Gasteiger partial charge on any atom is -0.497 e. The second-order valence-electron chi connectivity index (χ2n) is 8.69. The Morgan fingerprint density at radius 3 is 2.86 bits per heavy atom. The van der Waals surface area contributed by atoms with Crippen molar-refractivity contribution >= 4 is 52.7 Å². The lowest BCUT2D eigenvalue weighted by Gasteiger charge is -2.32. The molecule has 11 heteroatoms. The summed E-state index contributed by atoms with van der Waals surface area (Å²) in [5, 5.41) is 6.56. The van der Waals surface area contributed by atoms with Crippen LogP contribution < -0.4 is 15.4 Å². The second kappa shape index (κ2) is 11.4. The van der Waals surface area contributed by atoms with Crippen LogP contribution in [-0.4, -0.2) is 65.2 Å². The molecule has 8 nitrogen and oxygen atoms in total. The third-order valence-electron chi connectivity index (χ3n) is 6.44. The van der Waals surface area contributed by atoms with Gasteiger partial charge in [-0.05, 0) is 49.6 Å². The average Bonchev–Trinajstić information content (AvgIpc) is 2.88. The van der Waals surface area contributed by atoms with Crippen molar-refractivity contribution in [3.63, 3.8) is 0 Å². The molecule has 0 saturated carbocycles. The van der Waals surface area contributed by atoms with Crippen molar-refractivity contribution in [2.24, 2.45) is 0 Å². The van der Waals surface area contributed by atoms with Gasteiger partial charge in [-0.25, -0.2) is 9.37 Å². The van der Waals surface area contributed by atoms with E-state index in [-0.39, 0.29) is 36.1 Å². The Morgan fingerprint density at radius 1 is 1.28 bits per heavy atom. The summed E-state index contributed by atoms with van der Waals surface area (Å²) in [4.78, 5) is 36.0. The minimum absolute atomic E-state index is 0. The fourth-order valence-corrected chi connectivity index (χ4v) is 5.26. The first kappa shape index (κ1) is 26.1. The van der Waals surface area contributed by atoms with Gasteiger partial charge in [-0.2, -0.15) is 0 Å². The molecule has 3 aromatic rings. The van der Waals surface area contributed by atoms with Crippen molar-refractivity contribution < 1.29 is 18.7 Å². The zero-order valence-corrected chi connectivity index (χ0v) is 21.4. The van der Waals surface area contributed by atoms with Crippen molar-refractivity contribution in [1.82, 2.24) is 20.2 Å². The van der Waals surface area contributed by atoms with Crippen LogP contribution in [-0.2, 0) is 11.2 Å². The lowest BCUT2D eigenvalue weighted by molar-refractivity contribution is -0.113. The molecule has 0 unspecified atom stereocenters. The fraction of sp³-hybridized carbons (Fsp3) is 0.360. The van der Waals surface area contributed by atoms with Crippen molar-refractivity contribution in [2.45, 2.75) is 30.2 Å². The molecule has 1 aromatic carbocycles. The Balaban J connectivity index is 0.00000304. The molecule has 36 heavy (non-hydrogen) atoms. The Kier molecular flexibility index (Phi) is 8.28. The van der Waals surface area contributed by atoms with E-state index in [2.05, 4.69) is 25.5 Å².